The fourth-order valence-electron chi connectivity index (χ4n) is 1.76. The van der Waals surface area contributed by atoms with Gasteiger partial charge < -0.3 is 11.1 Å². The van der Waals surface area contributed by atoms with Crippen LogP contribution in [0, 0.1) is 12.8 Å². The molecule has 1 unspecified atom stereocenters. The molecule has 0 spiro atoms. The Labute approximate surface area is 110 Å². The monoisotopic (exact) mass is 248 g/mol. The Morgan fingerprint density at radius 1 is 1.28 bits per heavy atom. The minimum absolute atomic E-state index is 0.00629. The summed E-state index contributed by atoms with van der Waals surface area (Å²) in [5.41, 5.74) is 8.23. The van der Waals surface area contributed by atoms with Gasteiger partial charge in [0, 0.05) is 0 Å². The summed E-state index contributed by atoms with van der Waals surface area (Å²) in [6.07, 6.45) is 0.910. The molecule has 3 atom stereocenters. The number of rotatable bonds is 5. The summed E-state index contributed by atoms with van der Waals surface area (Å²) in [6, 6.07) is 7.74. The molecule has 1 aromatic carbocycles. The van der Waals surface area contributed by atoms with Crippen molar-refractivity contribution in [1.29, 1.82) is 0 Å². The van der Waals surface area contributed by atoms with Gasteiger partial charge in [0.15, 0.2) is 0 Å². The van der Waals surface area contributed by atoms with Gasteiger partial charge in [-0.15, -0.1) is 0 Å². The maximum absolute atomic E-state index is 12.0. The summed E-state index contributed by atoms with van der Waals surface area (Å²) in [5, 5.41) is 2.97. The number of hydrogen-bond donors (Lipinski definition) is 2. The van der Waals surface area contributed by atoms with Gasteiger partial charge in [-0.2, -0.15) is 0 Å². The molecule has 18 heavy (non-hydrogen) atoms. The lowest BCUT2D eigenvalue weighted by atomic mass is 9.98. The van der Waals surface area contributed by atoms with Gasteiger partial charge in [0.2, 0.25) is 5.91 Å². The normalized spacial score (nSPS) is 15.8. The van der Waals surface area contributed by atoms with Crippen LogP contribution in [0.15, 0.2) is 24.3 Å². The number of benzene rings is 1. The first-order chi connectivity index (χ1) is 8.45. The van der Waals surface area contributed by atoms with Crippen LogP contribution in [0.3, 0.4) is 0 Å². The van der Waals surface area contributed by atoms with Crippen molar-refractivity contribution in [2.75, 3.05) is 0 Å². The smallest absolute Gasteiger partial charge is 0.237 e. The summed E-state index contributed by atoms with van der Waals surface area (Å²) < 4.78 is 0. The van der Waals surface area contributed by atoms with Crippen LogP contribution in [-0.2, 0) is 4.79 Å². The van der Waals surface area contributed by atoms with Crippen LogP contribution in [0.5, 0.6) is 0 Å². The van der Waals surface area contributed by atoms with Crippen LogP contribution >= 0.6 is 0 Å². The Balaban J connectivity index is 2.61. The summed E-state index contributed by atoms with van der Waals surface area (Å²) in [5.74, 6) is 0.132. The van der Waals surface area contributed by atoms with Gasteiger partial charge in [-0.05, 0) is 25.3 Å². The molecule has 0 saturated heterocycles. The van der Waals surface area contributed by atoms with Crippen molar-refractivity contribution in [2.45, 2.75) is 46.2 Å². The van der Waals surface area contributed by atoms with Crippen LogP contribution in [-0.4, -0.2) is 11.9 Å². The predicted molar refractivity (Wildman–Crippen MR) is 75.2 cm³/mol. The lowest BCUT2D eigenvalue weighted by molar-refractivity contribution is -0.124. The first kappa shape index (κ1) is 14.7. The molecule has 0 aliphatic heterocycles. The van der Waals surface area contributed by atoms with Crippen LogP contribution in [0.2, 0.25) is 0 Å². The molecule has 1 aromatic rings. The lowest BCUT2D eigenvalue weighted by Crippen LogP contribution is -2.45. The zero-order valence-electron chi connectivity index (χ0n) is 11.7. The summed E-state index contributed by atoms with van der Waals surface area (Å²) in [4.78, 5) is 12.0. The molecule has 0 aliphatic carbocycles. The summed E-state index contributed by atoms with van der Waals surface area (Å²) in [6.45, 7) is 8.07. The molecular formula is C15H24N2O. The number of hydrogen-bond acceptors (Lipinski definition) is 2. The third kappa shape index (κ3) is 3.84. The average Bonchev–Trinajstić information content (AvgIpc) is 2.37. The summed E-state index contributed by atoms with van der Waals surface area (Å²) >= 11 is 0. The third-order valence-corrected chi connectivity index (χ3v) is 3.50. The van der Waals surface area contributed by atoms with Crippen LogP contribution in [0.4, 0.5) is 0 Å². The Morgan fingerprint density at radius 2 is 1.83 bits per heavy atom. The second kappa shape index (κ2) is 6.55. The Kier molecular flexibility index (Phi) is 5.35. The quantitative estimate of drug-likeness (QED) is 0.841. The second-order valence-corrected chi connectivity index (χ2v) is 5.05. The van der Waals surface area contributed by atoms with E-state index in [4.69, 9.17) is 5.73 Å². The van der Waals surface area contributed by atoms with E-state index in [0.29, 0.717) is 0 Å². The van der Waals surface area contributed by atoms with E-state index in [-0.39, 0.29) is 17.9 Å². The fourth-order valence-corrected chi connectivity index (χ4v) is 1.76. The van der Waals surface area contributed by atoms with Crippen LogP contribution in [0.25, 0.3) is 0 Å². The van der Waals surface area contributed by atoms with E-state index in [2.05, 4.69) is 5.32 Å². The molecule has 0 bridgehead atoms. The highest BCUT2D eigenvalue weighted by atomic mass is 16.2. The Bertz CT molecular complexity index is 386. The molecule has 1 rings (SSSR count). The first-order valence-corrected chi connectivity index (χ1v) is 6.58. The van der Waals surface area contributed by atoms with Gasteiger partial charge in [0.05, 0.1) is 12.1 Å². The number of nitrogens with one attached hydrogen (secondary N) is 1. The van der Waals surface area contributed by atoms with Crippen molar-refractivity contribution >= 4 is 5.91 Å². The summed E-state index contributed by atoms with van der Waals surface area (Å²) in [7, 11) is 0. The molecule has 3 heteroatoms. The van der Waals surface area contributed by atoms with E-state index in [1.807, 2.05) is 52.0 Å². The van der Waals surface area contributed by atoms with Crippen molar-refractivity contribution in [3.8, 4) is 0 Å². The molecule has 0 radical (unpaired) electrons. The van der Waals surface area contributed by atoms with E-state index in [1.54, 1.807) is 0 Å². The van der Waals surface area contributed by atoms with Crippen LogP contribution in [0.1, 0.15) is 44.4 Å². The van der Waals surface area contributed by atoms with E-state index >= 15 is 0 Å². The van der Waals surface area contributed by atoms with Gasteiger partial charge in [-0.25, -0.2) is 0 Å². The lowest BCUT2D eigenvalue weighted by Gasteiger charge is -2.21. The number of aryl methyl sites for hydroxylation is 1. The number of nitrogens with two attached hydrogens (primary N) is 1. The first-order valence-electron chi connectivity index (χ1n) is 6.58. The van der Waals surface area contributed by atoms with Gasteiger partial charge in [-0.3, -0.25) is 4.79 Å². The maximum Gasteiger partial charge on any atom is 0.237 e. The maximum atomic E-state index is 12.0. The molecule has 100 valence electrons. The van der Waals surface area contributed by atoms with Gasteiger partial charge in [-0.1, -0.05) is 50.1 Å². The molecule has 3 N–H and O–H groups in total. The molecular weight excluding hydrogens is 224 g/mol. The second-order valence-electron chi connectivity index (χ2n) is 5.05. The molecule has 1 amide bonds. The van der Waals surface area contributed by atoms with Crippen molar-refractivity contribution in [1.82, 2.24) is 5.32 Å². The van der Waals surface area contributed by atoms with E-state index in [9.17, 15) is 4.79 Å². The Morgan fingerprint density at radius 3 is 2.33 bits per heavy atom. The SMILES string of the molecule is CCC(C)[C@H](N)C(=O)N[C@@H](C)c1ccc(C)cc1. The van der Waals surface area contributed by atoms with Crippen molar-refractivity contribution < 1.29 is 4.79 Å². The number of carbonyl (C=O) groups excluding carboxylic acids is 1. The highest BCUT2D eigenvalue weighted by molar-refractivity contribution is 5.82. The highest BCUT2D eigenvalue weighted by Gasteiger charge is 2.20. The topological polar surface area (TPSA) is 55.1 Å². The molecule has 0 heterocycles. The van der Waals surface area contributed by atoms with Gasteiger partial charge in [0.1, 0.15) is 0 Å². The highest BCUT2D eigenvalue weighted by Crippen LogP contribution is 2.14. The number of carbonyl (C=O) groups is 1. The minimum Gasteiger partial charge on any atom is -0.348 e. The number of amides is 1. The largest absolute Gasteiger partial charge is 0.348 e. The van der Waals surface area contributed by atoms with Crippen molar-refractivity contribution in [3.63, 3.8) is 0 Å². The molecule has 0 aliphatic rings. The minimum atomic E-state index is -0.428. The third-order valence-electron chi connectivity index (χ3n) is 3.50. The molecule has 3 nitrogen and oxygen atoms in total. The zero-order valence-corrected chi connectivity index (χ0v) is 11.7. The fraction of sp³-hybridized carbons (Fsp3) is 0.533. The predicted octanol–water partition coefficient (Wildman–Crippen LogP) is 2.55. The van der Waals surface area contributed by atoms with Crippen molar-refractivity contribution in [2.24, 2.45) is 11.7 Å². The van der Waals surface area contributed by atoms with Gasteiger partial charge >= 0.3 is 0 Å². The molecule has 0 aromatic heterocycles. The van der Waals surface area contributed by atoms with E-state index in [1.165, 1.54) is 5.56 Å². The molecule has 0 saturated carbocycles. The van der Waals surface area contributed by atoms with E-state index < -0.39 is 6.04 Å². The van der Waals surface area contributed by atoms with Crippen molar-refractivity contribution in [3.05, 3.63) is 35.4 Å². The molecule has 0 fully saturated rings. The average molecular weight is 248 g/mol. The Hall–Kier alpha value is -1.35. The standard InChI is InChI=1S/C15H24N2O/c1-5-11(3)14(16)15(18)17-12(4)13-8-6-10(2)7-9-13/h6-9,11-12,14H,5,16H2,1-4H3,(H,17,18)/t11?,12-,14-/m0/s1. The van der Waals surface area contributed by atoms with Gasteiger partial charge in [0.25, 0.3) is 0 Å². The van der Waals surface area contributed by atoms with Crippen LogP contribution < -0.4 is 11.1 Å². The zero-order chi connectivity index (χ0) is 13.7. The van der Waals surface area contributed by atoms with E-state index in [0.717, 1.165) is 12.0 Å².